The Morgan fingerprint density at radius 1 is 1.19 bits per heavy atom. The first kappa shape index (κ1) is 21.8. The lowest BCUT2D eigenvalue weighted by Crippen LogP contribution is -2.10. The highest BCUT2D eigenvalue weighted by Gasteiger charge is 2.21. The summed E-state index contributed by atoms with van der Waals surface area (Å²) in [5.74, 6) is 0.128. The first-order chi connectivity index (χ1) is 15.4. The van der Waals surface area contributed by atoms with Crippen molar-refractivity contribution in [2.24, 2.45) is 0 Å². The van der Waals surface area contributed by atoms with Gasteiger partial charge < -0.3 is 14.0 Å². The van der Waals surface area contributed by atoms with Crippen molar-refractivity contribution in [3.63, 3.8) is 0 Å². The Hall–Kier alpha value is -3.43. The van der Waals surface area contributed by atoms with E-state index in [9.17, 15) is 13.7 Å². The predicted molar refractivity (Wildman–Crippen MR) is 118 cm³/mol. The second kappa shape index (κ2) is 8.97. The van der Waals surface area contributed by atoms with E-state index in [2.05, 4.69) is 15.0 Å². The standard InChI is InChI=1S/C23H20FN3O4S/c1-13-11-25-20(14(2)21(13)30-3)12-32(29)23-26-18-9-8-17(10-19(18)27-23)31-22(28)15-4-6-16(24)7-5-15/h4-11H,12H2,1-3H3,(H,26,27). The molecule has 32 heavy (non-hydrogen) atoms. The van der Waals surface area contributed by atoms with Crippen molar-refractivity contribution in [1.82, 2.24) is 15.0 Å². The first-order valence-electron chi connectivity index (χ1n) is 9.70. The Morgan fingerprint density at radius 2 is 1.94 bits per heavy atom. The van der Waals surface area contributed by atoms with Gasteiger partial charge in [-0.1, -0.05) is 0 Å². The van der Waals surface area contributed by atoms with Crippen LogP contribution in [0, 0.1) is 19.7 Å². The molecular formula is C23H20FN3O4S. The maximum Gasteiger partial charge on any atom is 0.343 e. The molecule has 0 aliphatic rings. The Kier molecular flexibility index (Phi) is 6.11. The fraction of sp³-hybridized carbons (Fsp3) is 0.174. The molecular weight excluding hydrogens is 433 g/mol. The Labute approximate surface area is 186 Å². The second-order valence-corrected chi connectivity index (χ2v) is 8.52. The van der Waals surface area contributed by atoms with Crippen molar-refractivity contribution < 1.29 is 23.2 Å². The summed E-state index contributed by atoms with van der Waals surface area (Å²) in [5, 5.41) is 0.294. The topological polar surface area (TPSA) is 100 Å². The summed E-state index contributed by atoms with van der Waals surface area (Å²) in [6.07, 6.45) is 1.69. The van der Waals surface area contributed by atoms with Crippen LogP contribution in [0.25, 0.3) is 11.0 Å². The number of nitrogens with one attached hydrogen (secondary N) is 1. The van der Waals surface area contributed by atoms with Gasteiger partial charge in [-0.15, -0.1) is 0 Å². The molecule has 0 aliphatic carbocycles. The van der Waals surface area contributed by atoms with Gasteiger partial charge in [-0.2, -0.15) is 4.98 Å². The van der Waals surface area contributed by atoms with E-state index in [4.69, 9.17) is 9.47 Å². The SMILES string of the molecule is COc1c(C)cnc(C[S+]([O-])c2nc3cc(OC(=O)c4ccc(F)cc4)ccc3[nH]2)c1C. The molecule has 0 saturated carbocycles. The number of benzene rings is 2. The smallest absolute Gasteiger partial charge is 0.343 e. The van der Waals surface area contributed by atoms with E-state index in [1.54, 1.807) is 31.5 Å². The second-order valence-electron chi connectivity index (χ2n) is 7.15. The number of carbonyl (C=O) groups is 1. The van der Waals surface area contributed by atoms with Gasteiger partial charge >= 0.3 is 11.1 Å². The van der Waals surface area contributed by atoms with Crippen LogP contribution in [-0.4, -0.2) is 32.6 Å². The molecule has 1 atom stereocenters. The summed E-state index contributed by atoms with van der Waals surface area (Å²) in [4.78, 5) is 24.1. The number of hydrogen-bond donors (Lipinski definition) is 1. The number of hydrogen-bond acceptors (Lipinski definition) is 6. The lowest BCUT2D eigenvalue weighted by atomic mass is 10.1. The van der Waals surface area contributed by atoms with Crippen LogP contribution in [-0.2, 0) is 16.9 Å². The molecule has 0 amide bonds. The molecule has 164 valence electrons. The summed E-state index contributed by atoms with van der Waals surface area (Å²) >= 11 is -1.47. The van der Waals surface area contributed by atoms with Crippen LogP contribution in [0.15, 0.2) is 53.8 Å². The summed E-state index contributed by atoms with van der Waals surface area (Å²) in [5.41, 5.74) is 3.80. The minimum Gasteiger partial charge on any atom is -0.609 e. The first-order valence-corrected chi connectivity index (χ1v) is 11.0. The number of nitrogens with zero attached hydrogens (tertiary/aromatic N) is 2. The van der Waals surface area contributed by atoms with E-state index in [1.165, 1.54) is 24.3 Å². The number of pyridine rings is 1. The molecule has 2 aromatic carbocycles. The number of aromatic amines is 1. The Bertz CT molecular complexity index is 1290. The van der Waals surface area contributed by atoms with Gasteiger partial charge in [0.1, 0.15) is 17.3 Å². The lowest BCUT2D eigenvalue weighted by Gasteiger charge is -2.13. The van der Waals surface area contributed by atoms with E-state index >= 15 is 0 Å². The normalized spacial score (nSPS) is 12.0. The summed E-state index contributed by atoms with van der Waals surface area (Å²) < 4.78 is 36.7. The van der Waals surface area contributed by atoms with E-state index in [0.717, 1.165) is 16.9 Å². The van der Waals surface area contributed by atoms with Crippen LogP contribution >= 0.6 is 0 Å². The molecule has 0 aliphatic heterocycles. The van der Waals surface area contributed by atoms with Crippen LogP contribution in [0.1, 0.15) is 27.2 Å². The number of rotatable bonds is 6. The van der Waals surface area contributed by atoms with Crippen LogP contribution in [0.3, 0.4) is 0 Å². The number of aryl methyl sites for hydroxylation is 1. The zero-order valence-electron chi connectivity index (χ0n) is 17.6. The molecule has 2 heterocycles. The number of fused-ring (bicyclic) bond motifs is 1. The minimum atomic E-state index is -1.47. The van der Waals surface area contributed by atoms with E-state index in [-0.39, 0.29) is 17.1 Å². The third-order valence-corrected chi connectivity index (χ3v) is 6.12. The third kappa shape index (κ3) is 4.44. The molecule has 0 radical (unpaired) electrons. The Morgan fingerprint density at radius 3 is 2.66 bits per heavy atom. The fourth-order valence-electron chi connectivity index (χ4n) is 3.29. The summed E-state index contributed by atoms with van der Waals surface area (Å²) in [6, 6.07) is 9.95. The average Bonchev–Trinajstić information content (AvgIpc) is 3.20. The molecule has 1 unspecified atom stereocenters. The number of imidazole rings is 1. The van der Waals surface area contributed by atoms with Gasteiger partial charge in [0.05, 0.1) is 29.4 Å². The number of carbonyl (C=O) groups excluding carboxylic acids is 1. The fourth-order valence-corrected chi connectivity index (χ4v) is 4.39. The zero-order valence-corrected chi connectivity index (χ0v) is 18.5. The van der Waals surface area contributed by atoms with Crippen LogP contribution in [0.5, 0.6) is 11.5 Å². The van der Waals surface area contributed by atoms with Gasteiger partial charge in [-0.3, -0.25) is 9.97 Å². The molecule has 0 saturated heterocycles. The van der Waals surface area contributed by atoms with Gasteiger partial charge in [0, 0.05) is 34.6 Å². The van der Waals surface area contributed by atoms with E-state index < -0.39 is 23.0 Å². The average molecular weight is 453 g/mol. The maximum absolute atomic E-state index is 13.0. The largest absolute Gasteiger partial charge is 0.609 e. The Balaban J connectivity index is 1.52. The summed E-state index contributed by atoms with van der Waals surface area (Å²) in [6.45, 7) is 3.78. The molecule has 7 nitrogen and oxygen atoms in total. The number of halogens is 1. The molecule has 4 rings (SSSR count). The molecule has 4 aromatic rings. The van der Waals surface area contributed by atoms with Crippen molar-refractivity contribution in [3.8, 4) is 11.5 Å². The molecule has 9 heteroatoms. The van der Waals surface area contributed by atoms with Gasteiger partial charge in [0.2, 0.25) is 0 Å². The molecule has 0 bridgehead atoms. The molecule has 0 spiro atoms. The van der Waals surface area contributed by atoms with Crippen molar-refractivity contribution >= 4 is 28.2 Å². The number of H-pyrrole nitrogens is 1. The quantitative estimate of drug-likeness (QED) is 0.266. The minimum absolute atomic E-state index is 0.175. The third-order valence-electron chi connectivity index (χ3n) is 4.96. The number of esters is 1. The highest BCUT2D eigenvalue weighted by atomic mass is 32.2. The highest BCUT2D eigenvalue weighted by molar-refractivity contribution is 7.90. The number of methoxy groups -OCH3 is 1. The van der Waals surface area contributed by atoms with Crippen molar-refractivity contribution in [1.29, 1.82) is 0 Å². The van der Waals surface area contributed by atoms with Crippen molar-refractivity contribution in [2.45, 2.75) is 24.8 Å². The van der Waals surface area contributed by atoms with Crippen LogP contribution < -0.4 is 9.47 Å². The lowest BCUT2D eigenvalue weighted by molar-refractivity contribution is 0.0735. The van der Waals surface area contributed by atoms with Gasteiger partial charge in [-0.05, 0) is 50.2 Å². The van der Waals surface area contributed by atoms with Crippen molar-refractivity contribution in [3.05, 3.63) is 76.9 Å². The van der Waals surface area contributed by atoms with Gasteiger partial charge in [-0.25, -0.2) is 9.18 Å². The van der Waals surface area contributed by atoms with Crippen LogP contribution in [0.2, 0.25) is 0 Å². The van der Waals surface area contributed by atoms with Crippen LogP contribution in [0.4, 0.5) is 4.39 Å². The van der Waals surface area contributed by atoms with E-state index in [1.807, 2.05) is 13.8 Å². The number of ether oxygens (including phenoxy) is 2. The molecule has 0 fully saturated rings. The molecule has 2 aromatic heterocycles. The predicted octanol–water partition coefficient (Wildman–Crippen LogP) is 4.25. The monoisotopic (exact) mass is 453 g/mol. The number of aromatic nitrogens is 3. The summed E-state index contributed by atoms with van der Waals surface area (Å²) in [7, 11) is 1.59. The van der Waals surface area contributed by atoms with Gasteiger partial charge in [0.25, 0.3) is 0 Å². The molecule has 1 N–H and O–H groups in total. The highest BCUT2D eigenvalue weighted by Crippen LogP contribution is 2.27. The van der Waals surface area contributed by atoms with Crippen molar-refractivity contribution in [2.75, 3.05) is 7.11 Å². The van der Waals surface area contributed by atoms with Gasteiger partial charge in [0.15, 0.2) is 5.75 Å². The van der Waals surface area contributed by atoms with E-state index in [0.29, 0.717) is 21.9 Å². The zero-order chi connectivity index (χ0) is 22.8. The maximum atomic E-state index is 13.0.